The number of aromatic nitrogens is 1. The van der Waals surface area contributed by atoms with Crippen LogP contribution in [0.1, 0.15) is 54.2 Å². The quantitative estimate of drug-likeness (QED) is 0.213. The lowest BCUT2D eigenvalue weighted by molar-refractivity contribution is -0.535. The molecule has 2 unspecified atom stereocenters. The van der Waals surface area contributed by atoms with Crippen LogP contribution in [-0.2, 0) is 30.6 Å². The third-order valence-corrected chi connectivity index (χ3v) is 6.49. The number of aryl methyl sites for hydroxylation is 1. The highest BCUT2D eigenvalue weighted by atomic mass is 35.5. The number of halogens is 1. The molecule has 38 heavy (non-hydrogen) atoms. The summed E-state index contributed by atoms with van der Waals surface area (Å²) in [4.78, 5) is 38.8. The Kier molecular flexibility index (Phi) is 9.22. The average molecular weight is 555 g/mol. The predicted molar refractivity (Wildman–Crippen MR) is 124 cm³/mol. The van der Waals surface area contributed by atoms with E-state index in [2.05, 4.69) is 10.3 Å². The number of carbonyl (C=O) groups is 2. The highest BCUT2D eigenvalue weighted by molar-refractivity contribution is 6.30. The van der Waals surface area contributed by atoms with Crippen molar-refractivity contribution in [1.82, 2.24) is 21.1 Å². The Bertz CT molecular complexity index is 1130. The Morgan fingerprint density at radius 1 is 1.08 bits per heavy atom. The average Bonchev–Trinajstić information content (AvgIpc) is 3.43. The van der Waals surface area contributed by atoms with Gasteiger partial charge in [0.2, 0.25) is 5.91 Å². The van der Waals surface area contributed by atoms with Crippen LogP contribution < -0.4 is 10.1 Å². The van der Waals surface area contributed by atoms with Crippen LogP contribution in [0, 0.1) is 6.92 Å². The molecule has 1 saturated carbocycles. The Hall–Kier alpha value is -2.76. The minimum absolute atomic E-state index is 0.0715. The lowest BCUT2D eigenvalue weighted by atomic mass is 10.0. The second-order valence-electron chi connectivity index (χ2n) is 8.85. The van der Waals surface area contributed by atoms with Gasteiger partial charge in [0.1, 0.15) is 18.3 Å². The molecule has 1 amide bonds. The van der Waals surface area contributed by atoms with Crippen molar-refractivity contribution in [3.8, 4) is 5.75 Å². The zero-order chi connectivity index (χ0) is 27.4. The molecule has 14 nitrogen and oxygen atoms in total. The van der Waals surface area contributed by atoms with Crippen LogP contribution in [-0.4, -0.2) is 66.7 Å². The Morgan fingerprint density at radius 2 is 1.71 bits per heavy atom. The third-order valence-electron chi connectivity index (χ3n) is 6.24. The third kappa shape index (κ3) is 7.00. The summed E-state index contributed by atoms with van der Waals surface area (Å²) in [5.74, 6) is -0.801. The summed E-state index contributed by atoms with van der Waals surface area (Å²) < 4.78 is 11.5. The molecule has 0 spiro atoms. The molecule has 1 aromatic heterocycles. The topological polar surface area (TPSA) is 183 Å². The Balaban J connectivity index is 1.32. The van der Waals surface area contributed by atoms with Crippen molar-refractivity contribution in [3.05, 3.63) is 57.9 Å². The lowest BCUT2D eigenvalue weighted by Gasteiger charge is -2.20. The number of rotatable bonds is 10. The summed E-state index contributed by atoms with van der Waals surface area (Å²) in [5.41, 5.74) is 2.88. The van der Waals surface area contributed by atoms with Crippen molar-refractivity contribution in [1.29, 1.82) is 0 Å². The molecule has 5 N–H and O–H groups in total. The molecule has 1 aliphatic carbocycles. The number of hydrogen-bond acceptors (Lipinski definition) is 13. The summed E-state index contributed by atoms with van der Waals surface area (Å²) in [6.07, 6.45) is -0.950. The minimum Gasteiger partial charge on any atom is -0.424 e. The summed E-state index contributed by atoms with van der Waals surface area (Å²) in [5, 5.41) is 37.7. The second kappa shape index (κ2) is 12.4. The zero-order valence-electron chi connectivity index (χ0n) is 20.2. The van der Waals surface area contributed by atoms with E-state index in [0.717, 1.165) is 11.1 Å². The molecule has 4 rings (SSSR count). The van der Waals surface area contributed by atoms with Gasteiger partial charge in [-0.15, -0.1) is 0 Å². The first-order chi connectivity index (χ1) is 18.1. The van der Waals surface area contributed by atoms with Crippen molar-refractivity contribution in [3.63, 3.8) is 0 Å². The van der Waals surface area contributed by atoms with Crippen LogP contribution in [0.4, 0.5) is 0 Å². The molecule has 0 radical (unpaired) electrons. The van der Waals surface area contributed by atoms with Gasteiger partial charge in [-0.05, 0) is 37.5 Å². The van der Waals surface area contributed by atoms with E-state index in [4.69, 9.17) is 51.6 Å². The van der Waals surface area contributed by atoms with Crippen LogP contribution in [0.3, 0.4) is 0 Å². The fourth-order valence-electron chi connectivity index (χ4n) is 4.56. The normalized spacial score (nSPS) is 22.6. The molecule has 4 atom stereocenters. The monoisotopic (exact) mass is 554 g/mol. The van der Waals surface area contributed by atoms with E-state index in [1.807, 2.05) is 12.1 Å². The van der Waals surface area contributed by atoms with E-state index in [1.165, 1.54) is 0 Å². The molecule has 2 heterocycles. The van der Waals surface area contributed by atoms with Crippen LogP contribution in [0.5, 0.6) is 5.75 Å². The number of amides is 1. The zero-order valence-corrected chi connectivity index (χ0v) is 20.9. The number of carbonyl (C=O) groups excluding carboxylic acids is 2. The number of pyridine rings is 1. The molecule has 2 aliphatic rings. The van der Waals surface area contributed by atoms with Gasteiger partial charge in [-0.25, -0.2) is 9.68 Å². The molecule has 0 saturated heterocycles. The van der Waals surface area contributed by atoms with E-state index in [9.17, 15) is 9.59 Å². The van der Waals surface area contributed by atoms with Crippen molar-refractivity contribution in [2.45, 2.75) is 63.6 Å². The highest BCUT2D eigenvalue weighted by Crippen LogP contribution is 2.41. The molecule has 2 aromatic rings. The number of benzene rings is 1. The fraction of sp³-hybridized carbons (Fsp3) is 0.435. The summed E-state index contributed by atoms with van der Waals surface area (Å²) in [7, 11) is 0. The molecule has 1 aromatic carbocycles. The Morgan fingerprint density at radius 3 is 2.32 bits per heavy atom. The fourth-order valence-corrected chi connectivity index (χ4v) is 4.68. The van der Waals surface area contributed by atoms with Gasteiger partial charge >= 0.3 is 5.97 Å². The van der Waals surface area contributed by atoms with E-state index in [1.54, 1.807) is 25.3 Å². The Labute approximate surface area is 221 Å². The number of nitrogens with zero attached hydrogens (tertiary/aromatic N) is 3. The van der Waals surface area contributed by atoms with Crippen molar-refractivity contribution >= 4 is 23.5 Å². The van der Waals surface area contributed by atoms with Gasteiger partial charge in [-0.2, -0.15) is 0 Å². The smallest absolute Gasteiger partial charge is 0.311 e. The molecule has 206 valence electrons. The molecule has 1 fully saturated rings. The molecular formula is C23H27ClN4O10. The SMILES string of the molecule is Cc1ncc2c(c1OC(=O)CCC(=O)NC1C[C@H](ON(O)O)[C@H](ON(O)O)C1)COC2c1ccc(Cl)cc1. The highest BCUT2D eigenvalue weighted by Gasteiger charge is 2.39. The first-order valence-electron chi connectivity index (χ1n) is 11.7. The summed E-state index contributed by atoms with van der Waals surface area (Å²) >= 11 is 5.98. The van der Waals surface area contributed by atoms with Gasteiger partial charge in [0.05, 0.1) is 29.5 Å². The number of esters is 1. The maximum absolute atomic E-state index is 12.6. The molecular weight excluding hydrogens is 528 g/mol. The van der Waals surface area contributed by atoms with Gasteiger partial charge in [-0.3, -0.25) is 35.4 Å². The van der Waals surface area contributed by atoms with Gasteiger partial charge in [-0.1, -0.05) is 23.7 Å². The minimum atomic E-state index is -1.00. The first-order valence-corrected chi connectivity index (χ1v) is 12.0. The second-order valence-corrected chi connectivity index (χ2v) is 9.29. The van der Waals surface area contributed by atoms with Gasteiger partial charge < -0.3 is 14.8 Å². The largest absolute Gasteiger partial charge is 0.424 e. The van der Waals surface area contributed by atoms with Crippen LogP contribution in [0.15, 0.2) is 30.5 Å². The van der Waals surface area contributed by atoms with Crippen molar-refractivity contribution in [2.75, 3.05) is 0 Å². The van der Waals surface area contributed by atoms with Crippen LogP contribution >= 0.6 is 11.6 Å². The van der Waals surface area contributed by atoms with E-state index < -0.39 is 40.9 Å². The van der Waals surface area contributed by atoms with Crippen molar-refractivity contribution < 1.29 is 49.6 Å². The maximum Gasteiger partial charge on any atom is 0.311 e. The molecule has 15 heteroatoms. The standard InChI is InChI=1S/C23H27ClN4O10/c1-12-22(17-11-35-23(16(17)10-25-12)13-2-4-14(24)5-3-13)36-21(30)7-6-20(29)26-15-8-18(37-27(31)32)19(9-15)38-28(33)34/h2-5,10,15,18-19,23,31-34H,6-9,11H2,1H3,(H,26,29)/t15?,18-,19+,23?. The number of ether oxygens (including phenoxy) is 2. The van der Waals surface area contributed by atoms with Crippen molar-refractivity contribution in [2.24, 2.45) is 0 Å². The lowest BCUT2D eigenvalue weighted by Crippen LogP contribution is -2.35. The summed E-state index contributed by atoms with van der Waals surface area (Å²) in [6, 6.07) is 6.68. The van der Waals surface area contributed by atoms with Gasteiger partial charge in [0.15, 0.2) is 5.75 Å². The van der Waals surface area contributed by atoms with Gasteiger partial charge in [0.25, 0.3) is 0 Å². The number of hydrogen-bond donors (Lipinski definition) is 5. The number of fused-ring (bicyclic) bond motifs is 1. The van der Waals surface area contributed by atoms with Gasteiger partial charge in [0, 0.05) is 34.8 Å². The summed E-state index contributed by atoms with van der Waals surface area (Å²) in [6.45, 7) is 1.93. The molecule has 1 aliphatic heterocycles. The first kappa shape index (κ1) is 28.3. The van der Waals surface area contributed by atoms with Crippen LogP contribution in [0.25, 0.3) is 0 Å². The molecule has 0 bridgehead atoms. The maximum atomic E-state index is 12.6. The van der Waals surface area contributed by atoms with E-state index in [0.29, 0.717) is 22.0 Å². The van der Waals surface area contributed by atoms with E-state index in [-0.39, 0.29) is 38.4 Å². The van der Waals surface area contributed by atoms with Crippen LogP contribution in [0.2, 0.25) is 5.02 Å². The number of nitrogens with one attached hydrogen (secondary N) is 1. The predicted octanol–water partition coefficient (Wildman–Crippen LogP) is 2.39. The van der Waals surface area contributed by atoms with E-state index >= 15 is 0 Å².